The van der Waals surface area contributed by atoms with E-state index in [1.54, 1.807) is 17.0 Å². The Morgan fingerprint density at radius 3 is 2.39 bits per heavy atom. The van der Waals surface area contributed by atoms with Crippen molar-refractivity contribution in [1.29, 1.82) is 0 Å². The number of halogens is 2. The lowest BCUT2D eigenvalue weighted by atomic mass is 10.0. The second-order valence-electron chi connectivity index (χ2n) is 8.35. The lowest BCUT2D eigenvalue weighted by molar-refractivity contribution is -0.143. The van der Waals surface area contributed by atoms with Gasteiger partial charge in [-0.05, 0) is 70.1 Å². The number of nitrogens with one attached hydrogen (secondary N) is 1. The average Bonchev–Trinajstić information content (AvgIpc) is 2.79. The number of carbonyl (C=O) groups is 2. The predicted molar refractivity (Wildman–Crippen MR) is 138 cm³/mol. The fourth-order valence-electron chi connectivity index (χ4n) is 3.43. The maximum atomic E-state index is 13.3. The first-order valence-electron chi connectivity index (χ1n) is 11.5. The van der Waals surface area contributed by atoms with Crippen LogP contribution in [0.25, 0.3) is 0 Å². The van der Waals surface area contributed by atoms with Crippen LogP contribution < -0.4 is 10.1 Å². The van der Waals surface area contributed by atoms with Gasteiger partial charge >= 0.3 is 0 Å². The Morgan fingerprint density at radius 1 is 1.12 bits per heavy atom. The van der Waals surface area contributed by atoms with E-state index in [1.807, 2.05) is 37.3 Å². The van der Waals surface area contributed by atoms with E-state index in [9.17, 15) is 9.59 Å². The van der Waals surface area contributed by atoms with Crippen LogP contribution in [0.3, 0.4) is 0 Å². The second-order valence-corrected chi connectivity index (χ2v) is 9.64. The van der Waals surface area contributed by atoms with Crippen LogP contribution in [0.2, 0.25) is 5.02 Å². The summed E-state index contributed by atoms with van der Waals surface area (Å²) in [7, 11) is 0. The van der Waals surface area contributed by atoms with Crippen LogP contribution in [-0.2, 0) is 16.1 Å². The molecule has 1 N–H and O–H groups in total. The van der Waals surface area contributed by atoms with Crippen molar-refractivity contribution < 1.29 is 14.3 Å². The van der Waals surface area contributed by atoms with Gasteiger partial charge < -0.3 is 15.0 Å². The Labute approximate surface area is 211 Å². The minimum absolute atomic E-state index is 0.143. The molecule has 1 atom stereocenters. The van der Waals surface area contributed by atoms with Gasteiger partial charge in [0.2, 0.25) is 5.91 Å². The number of hydrogen-bond acceptors (Lipinski definition) is 3. The molecule has 2 amide bonds. The summed E-state index contributed by atoms with van der Waals surface area (Å²) in [5.41, 5.74) is 2.08. The van der Waals surface area contributed by atoms with Crippen molar-refractivity contribution >= 4 is 39.3 Å². The Morgan fingerprint density at radius 2 is 1.82 bits per heavy atom. The number of benzene rings is 2. The van der Waals surface area contributed by atoms with E-state index in [2.05, 4.69) is 42.0 Å². The van der Waals surface area contributed by atoms with Gasteiger partial charge in [0.15, 0.2) is 6.61 Å². The summed E-state index contributed by atoms with van der Waals surface area (Å²) in [6.45, 7) is 8.96. The summed E-state index contributed by atoms with van der Waals surface area (Å²) in [5.74, 6) is 0.598. The highest BCUT2D eigenvalue weighted by Gasteiger charge is 2.29. The molecule has 0 unspecified atom stereocenters. The standard InChI is InChI=1S/C26H34BrClN2O3/c1-5-7-14-29-26(32)23(6-2)30(16-19-8-11-21(28)12-9-19)25(31)17-33-24-13-10-20(18(3)4)15-22(24)27/h8-13,15,18,23H,5-7,14,16-17H2,1-4H3,(H,29,32)/t23-/m1/s1. The molecule has 7 heteroatoms. The summed E-state index contributed by atoms with van der Waals surface area (Å²) in [6.07, 6.45) is 2.39. The Hall–Kier alpha value is -2.05. The number of rotatable bonds is 12. The Balaban J connectivity index is 2.19. The van der Waals surface area contributed by atoms with Crippen molar-refractivity contribution in [3.05, 3.63) is 63.1 Å². The average molecular weight is 538 g/mol. The maximum absolute atomic E-state index is 13.3. The van der Waals surface area contributed by atoms with E-state index >= 15 is 0 Å². The quantitative estimate of drug-likeness (QED) is 0.322. The van der Waals surface area contributed by atoms with Crippen molar-refractivity contribution in [2.45, 2.75) is 65.5 Å². The van der Waals surface area contributed by atoms with Gasteiger partial charge in [-0.25, -0.2) is 0 Å². The van der Waals surface area contributed by atoms with Crippen molar-refractivity contribution in [3.8, 4) is 5.75 Å². The number of unbranched alkanes of at least 4 members (excludes halogenated alkanes) is 1. The van der Waals surface area contributed by atoms with Gasteiger partial charge in [-0.3, -0.25) is 9.59 Å². The molecule has 0 spiro atoms. The van der Waals surface area contributed by atoms with Gasteiger partial charge in [0.1, 0.15) is 11.8 Å². The molecule has 0 bridgehead atoms. The number of amides is 2. The fraction of sp³-hybridized carbons (Fsp3) is 0.462. The number of hydrogen-bond donors (Lipinski definition) is 1. The molecule has 0 aromatic heterocycles. The highest BCUT2D eigenvalue weighted by molar-refractivity contribution is 9.10. The van der Waals surface area contributed by atoms with Gasteiger partial charge in [0.05, 0.1) is 4.47 Å². The summed E-state index contributed by atoms with van der Waals surface area (Å²) in [6, 6.07) is 12.6. The Kier molecular flexibility index (Phi) is 11.2. The molecule has 0 saturated heterocycles. The first-order valence-corrected chi connectivity index (χ1v) is 12.7. The molecular weight excluding hydrogens is 504 g/mol. The summed E-state index contributed by atoms with van der Waals surface area (Å²) in [5, 5.41) is 3.59. The SMILES string of the molecule is CCCCNC(=O)[C@@H](CC)N(Cc1ccc(Cl)cc1)C(=O)COc1ccc(C(C)C)cc1Br. The molecule has 2 aromatic carbocycles. The predicted octanol–water partition coefficient (Wildman–Crippen LogP) is 6.33. The molecule has 180 valence electrons. The molecule has 5 nitrogen and oxygen atoms in total. The summed E-state index contributed by atoms with van der Waals surface area (Å²) in [4.78, 5) is 27.8. The monoisotopic (exact) mass is 536 g/mol. The third-order valence-electron chi connectivity index (χ3n) is 5.46. The minimum atomic E-state index is -0.583. The van der Waals surface area contributed by atoms with Gasteiger partial charge in [0, 0.05) is 18.1 Å². The van der Waals surface area contributed by atoms with Crippen LogP contribution in [0.5, 0.6) is 5.75 Å². The van der Waals surface area contributed by atoms with Crippen LogP contribution >= 0.6 is 27.5 Å². The van der Waals surface area contributed by atoms with E-state index in [-0.39, 0.29) is 18.4 Å². The molecule has 0 aliphatic heterocycles. The van der Waals surface area contributed by atoms with Crippen LogP contribution in [0.15, 0.2) is 46.9 Å². The van der Waals surface area contributed by atoms with Gasteiger partial charge in [-0.15, -0.1) is 0 Å². The normalized spacial score (nSPS) is 11.8. The number of nitrogens with zero attached hydrogens (tertiary/aromatic N) is 1. The van der Waals surface area contributed by atoms with Crippen LogP contribution in [0.1, 0.15) is 64.0 Å². The van der Waals surface area contributed by atoms with Crippen molar-refractivity contribution in [2.24, 2.45) is 0 Å². The minimum Gasteiger partial charge on any atom is -0.483 e. The van der Waals surface area contributed by atoms with Crippen molar-refractivity contribution in [2.75, 3.05) is 13.2 Å². The Bertz CT molecular complexity index is 918. The van der Waals surface area contributed by atoms with Gasteiger partial charge in [0.25, 0.3) is 5.91 Å². The third-order valence-corrected chi connectivity index (χ3v) is 6.33. The van der Waals surface area contributed by atoms with E-state index in [1.165, 1.54) is 5.56 Å². The number of ether oxygens (including phenoxy) is 1. The summed E-state index contributed by atoms with van der Waals surface area (Å²) >= 11 is 9.55. The van der Waals surface area contributed by atoms with Crippen molar-refractivity contribution in [3.63, 3.8) is 0 Å². The summed E-state index contributed by atoms with van der Waals surface area (Å²) < 4.78 is 6.65. The van der Waals surface area contributed by atoms with E-state index < -0.39 is 6.04 Å². The zero-order chi connectivity index (χ0) is 24.4. The van der Waals surface area contributed by atoms with Crippen LogP contribution in [-0.4, -0.2) is 35.9 Å². The molecule has 0 radical (unpaired) electrons. The zero-order valence-corrected chi connectivity index (χ0v) is 22.2. The molecule has 0 heterocycles. The lowest BCUT2D eigenvalue weighted by Gasteiger charge is -2.30. The van der Waals surface area contributed by atoms with E-state index in [0.29, 0.717) is 36.2 Å². The number of carbonyl (C=O) groups excluding carboxylic acids is 2. The fourth-order valence-corrected chi connectivity index (χ4v) is 4.06. The van der Waals surface area contributed by atoms with Gasteiger partial charge in [-0.1, -0.05) is 63.9 Å². The first kappa shape index (κ1) is 27.2. The molecule has 33 heavy (non-hydrogen) atoms. The molecule has 0 saturated carbocycles. The first-order chi connectivity index (χ1) is 15.8. The third kappa shape index (κ3) is 8.35. The van der Waals surface area contributed by atoms with Crippen molar-refractivity contribution in [1.82, 2.24) is 10.2 Å². The highest BCUT2D eigenvalue weighted by atomic mass is 79.9. The molecule has 0 aliphatic rings. The smallest absolute Gasteiger partial charge is 0.261 e. The molecule has 0 fully saturated rings. The molecule has 2 aromatic rings. The largest absolute Gasteiger partial charge is 0.483 e. The topological polar surface area (TPSA) is 58.6 Å². The molecular formula is C26H34BrClN2O3. The van der Waals surface area contributed by atoms with E-state index in [0.717, 1.165) is 22.9 Å². The maximum Gasteiger partial charge on any atom is 0.261 e. The molecule has 2 rings (SSSR count). The highest BCUT2D eigenvalue weighted by Crippen LogP contribution is 2.29. The zero-order valence-electron chi connectivity index (χ0n) is 19.9. The van der Waals surface area contributed by atoms with Crippen LogP contribution in [0.4, 0.5) is 0 Å². The van der Waals surface area contributed by atoms with E-state index in [4.69, 9.17) is 16.3 Å². The van der Waals surface area contributed by atoms with Gasteiger partial charge in [-0.2, -0.15) is 0 Å². The lowest BCUT2D eigenvalue weighted by Crippen LogP contribution is -2.50. The second kappa shape index (κ2) is 13.6. The molecule has 0 aliphatic carbocycles. The van der Waals surface area contributed by atoms with Crippen LogP contribution in [0, 0.1) is 0 Å².